The lowest BCUT2D eigenvalue weighted by Crippen LogP contribution is -2.55. The number of carbonyl (C=O) groups is 5. The molecule has 10 heteroatoms. The number of likely N-dealkylation sites (N-methyl/N-ethyl adjacent to an activating group) is 1. The van der Waals surface area contributed by atoms with Crippen molar-refractivity contribution in [1.82, 2.24) is 15.5 Å². The van der Waals surface area contributed by atoms with Gasteiger partial charge < -0.3 is 25.4 Å². The van der Waals surface area contributed by atoms with Crippen molar-refractivity contribution in [1.29, 1.82) is 0 Å². The van der Waals surface area contributed by atoms with Crippen molar-refractivity contribution < 1.29 is 33.8 Å². The van der Waals surface area contributed by atoms with E-state index in [0.717, 1.165) is 69.3 Å². The number of hydrogen-bond donors (Lipinski definition) is 3. The molecule has 222 valence electrons. The molecule has 0 saturated heterocycles. The molecular weight excluding hydrogens is 514 g/mol. The van der Waals surface area contributed by atoms with Gasteiger partial charge in [-0.05, 0) is 32.3 Å². The highest BCUT2D eigenvalue weighted by molar-refractivity contribution is 6.10. The zero-order valence-electron chi connectivity index (χ0n) is 24.1. The molecule has 0 bridgehead atoms. The maximum absolute atomic E-state index is 13.2. The van der Waals surface area contributed by atoms with Gasteiger partial charge in [-0.3, -0.25) is 24.0 Å². The highest BCUT2D eigenvalue weighted by atomic mass is 16.5. The number of Topliss-reactive ketones (excluding diaryl/α,β-unsaturated/α-hetero) is 1. The van der Waals surface area contributed by atoms with E-state index in [1.165, 1.54) is 26.5 Å². The van der Waals surface area contributed by atoms with E-state index in [1.54, 1.807) is 0 Å². The number of terminal acetylenes is 1. The maximum atomic E-state index is 13.2. The molecule has 3 N–H and O–H groups in total. The van der Waals surface area contributed by atoms with Gasteiger partial charge in [-0.1, -0.05) is 58.4 Å². The van der Waals surface area contributed by atoms with Gasteiger partial charge in [0.2, 0.25) is 11.8 Å². The predicted octanol–water partition coefficient (Wildman–Crippen LogP) is 2.55. The van der Waals surface area contributed by atoms with Crippen LogP contribution in [0.4, 0.5) is 0 Å². The number of allylic oxidation sites excluding steroid dienone is 1. The van der Waals surface area contributed by atoms with Crippen LogP contribution in [0.1, 0.15) is 84.5 Å². The number of unbranched alkanes of at least 4 members (excludes halogenated alkanes) is 9. The van der Waals surface area contributed by atoms with Gasteiger partial charge in [0, 0.05) is 25.2 Å². The van der Waals surface area contributed by atoms with E-state index in [9.17, 15) is 29.1 Å². The van der Waals surface area contributed by atoms with E-state index in [1.807, 2.05) is 0 Å². The predicted molar refractivity (Wildman–Crippen MR) is 151 cm³/mol. The second-order valence-electron chi connectivity index (χ2n) is 10.5. The highest BCUT2D eigenvalue weighted by Crippen LogP contribution is 2.23. The Hall–Kier alpha value is -3.45. The number of nitrogens with zero attached hydrogens (tertiary/aromatic N) is 1. The third-order valence-corrected chi connectivity index (χ3v) is 6.86. The fraction of sp³-hybridized carbons (Fsp3) is 0.633. The largest absolute Gasteiger partial charge is 0.460 e. The second-order valence-corrected chi connectivity index (χ2v) is 10.5. The number of rotatable bonds is 11. The number of cyclic esters (lactones) is 1. The molecule has 10 nitrogen and oxygen atoms in total. The lowest BCUT2D eigenvalue weighted by molar-refractivity contribution is -0.162. The number of esters is 1. The molecule has 0 fully saturated rings. The summed E-state index contributed by atoms with van der Waals surface area (Å²) in [6, 6.07) is 0. The summed E-state index contributed by atoms with van der Waals surface area (Å²) in [5.41, 5.74) is -2.38. The average Bonchev–Trinajstić information content (AvgIpc) is 2.91. The van der Waals surface area contributed by atoms with Gasteiger partial charge in [0.05, 0.1) is 12.5 Å². The maximum Gasteiger partial charge on any atom is 0.325 e. The van der Waals surface area contributed by atoms with Crippen molar-refractivity contribution in [3.8, 4) is 12.3 Å². The first-order chi connectivity index (χ1) is 18.9. The molecule has 0 aromatic rings. The Morgan fingerprint density at radius 1 is 1.05 bits per heavy atom. The first kappa shape index (κ1) is 34.6. The Morgan fingerprint density at radius 3 is 2.23 bits per heavy atom. The van der Waals surface area contributed by atoms with Crippen LogP contribution in [0.2, 0.25) is 0 Å². The molecule has 40 heavy (non-hydrogen) atoms. The molecule has 0 radical (unpaired) electrons. The summed E-state index contributed by atoms with van der Waals surface area (Å²) in [6.07, 6.45) is 17.2. The van der Waals surface area contributed by atoms with Gasteiger partial charge >= 0.3 is 5.97 Å². The smallest absolute Gasteiger partial charge is 0.325 e. The van der Waals surface area contributed by atoms with Gasteiger partial charge in [0.25, 0.3) is 5.91 Å². The summed E-state index contributed by atoms with van der Waals surface area (Å²) in [7, 11) is 1.41. The normalized spacial score (nSPS) is 24.5. The number of nitrogens with one attached hydrogen (secondary N) is 2. The minimum Gasteiger partial charge on any atom is -0.460 e. The number of hydrogen-bond acceptors (Lipinski definition) is 7. The van der Waals surface area contributed by atoms with Crippen LogP contribution in [-0.2, 0) is 28.7 Å². The van der Waals surface area contributed by atoms with Crippen LogP contribution < -0.4 is 10.6 Å². The van der Waals surface area contributed by atoms with Gasteiger partial charge in [-0.15, -0.1) is 12.3 Å². The van der Waals surface area contributed by atoms with Crippen LogP contribution in [0.25, 0.3) is 0 Å². The summed E-state index contributed by atoms with van der Waals surface area (Å²) in [6.45, 7) is 5.24. The number of carbonyl (C=O) groups excluding carboxylic acids is 5. The van der Waals surface area contributed by atoms with E-state index < -0.39 is 53.6 Å². The molecule has 3 amide bonds. The van der Waals surface area contributed by atoms with Crippen molar-refractivity contribution >= 4 is 29.5 Å². The van der Waals surface area contributed by atoms with Crippen LogP contribution in [0.15, 0.2) is 24.4 Å². The van der Waals surface area contributed by atoms with Crippen LogP contribution in [0.5, 0.6) is 0 Å². The van der Waals surface area contributed by atoms with E-state index in [4.69, 9.17) is 11.2 Å². The Bertz CT molecular complexity index is 980. The number of ketones is 1. The van der Waals surface area contributed by atoms with Crippen LogP contribution in [0.3, 0.4) is 0 Å². The van der Waals surface area contributed by atoms with Crippen LogP contribution in [-0.4, -0.2) is 71.3 Å². The van der Waals surface area contributed by atoms with Crippen molar-refractivity contribution in [3.05, 3.63) is 24.4 Å². The van der Waals surface area contributed by atoms with Crippen LogP contribution >= 0.6 is 0 Å². The van der Waals surface area contributed by atoms with E-state index >= 15 is 0 Å². The Kier molecular flexibility index (Phi) is 15.6. The summed E-state index contributed by atoms with van der Waals surface area (Å²) < 4.78 is 5.62. The quantitative estimate of drug-likeness (QED) is 0.153. The first-order valence-corrected chi connectivity index (χ1v) is 14.0. The van der Waals surface area contributed by atoms with Crippen molar-refractivity contribution in [2.24, 2.45) is 5.92 Å². The van der Waals surface area contributed by atoms with E-state index in [2.05, 4.69) is 23.1 Å². The average molecular weight is 560 g/mol. The van der Waals surface area contributed by atoms with Gasteiger partial charge in [-0.2, -0.15) is 0 Å². The van der Waals surface area contributed by atoms with E-state index in [-0.39, 0.29) is 12.2 Å². The molecule has 0 saturated carbocycles. The lowest BCUT2D eigenvalue weighted by atomic mass is 9.85. The van der Waals surface area contributed by atoms with Gasteiger partial charge in [0.15, 0.2) is 11.4 Å². The second kappa shape index (κ2) is 18.0. The van der Waals surface area contributed by atoms with Crippen LogP contribution in [0, 0.1) is 18.3 Å². The molecule has 1 heterocycles. The van der Waals surface area contributed by atoms with Crippen molar-refractivity contribution in [3.63, 3.8) is 0 Å². The van der Waals surface area contributed by atoms with Gasteiger partial charge in [0.1, 0.15) is 12.6 Å². The minimum absolute atomic E-state index is 0.0736. The fourth-order valence-electron chi connectivity index (χ4n) is 4.32. The zero-order valence-corrected chi connectivity index (χ0v) is 24.1. The SMILES string of the molecule is C#CCCCCCCCCCCC[C@@H]1OC(=O)CN(C)C(=O)/C=C/C(=C)NC(=O)CNC(=O)[C@@](C)(O)C(=O)[C@H]1C. The number of aliphatic hydroxyl groups is 1. The Morgan fingerprint density at radius 2 is 1.62 bits per heavy atom. The third-order valence-electron chi connectivity index (χ3n) is 6.86. The zero-order chi connectivity index (χ0) is 30.1. The lowest BCUT2D eigenvalue weighted by Gasteiger charge is -2.29. The number of ether oxygens (including phenoxy) is 1. The molecule has 1 aliphatic heterocycles. The molecule has 3 atom stereocenters. The van der Waals surface area contributed by atoms with Crippen molar-refractivity contribution in [2.75, 3.05) is 20.1 Å². The molecule has 0 unspecified atom stereocenters. The first-order valence-electron chi connectivity index (χ1n) is 14.0. The fourth-order valence-corrected chi connectivity index (χ4v) is 4.32. The van der Waals surface area contributed by atoms with E-state index in [0.29, 0.717) is 12.8 Å². The standard InChI is InChI=1S/C30H45N3O7/c1-6-7-8-9-10-11-12-13-14-15-16-17-24-23(3)28(37)30(4,39)29(38)31-20-25(34)32-22(2)18-19-26(35)33(5)21-27(36)40-24/h1,18-19,23-24,39H,2,7-17,20-21H2,3-5H3,(H,31,38)(H,32,34)/b19-18+/t23-,24-,30-/m0/s1. The highest BCUT2D eigenvalue weighted by Gasteiger charge is 2.44. The summed E-state index contributed by atoms with van der Waals surface area (Å²) in [5.74, 6) is -2.16. The summed E-state index contributed by atoms with van der Waals surface area (Å²) in [4.78, 5) is 64.1. The third kappa shape index (κ3) is 12.6. The molecular formula is C30H45N3O7. The number of amides is 3. The Balaban J connectivity index is 2.87. The summed E-state index contributed by atoms with van der Waals surface area (Å²) >= 11 is 0. The molecule has 0 aliphatic carbocycles. The molecule has 1 aliphatic rings. The Labute approximate surface area is 238 Å². The van der Waals surface area contributed by atoms with Gasteiger partial charge in [-0.25, -0.2) is 0 Å². The molecule has 1 rings (SSSR count). The monoisotopic (exact) mass is 559 g/mol. The molecule has 0 spiro atoms. The summed E-state index contributed by atoms with van der Waals surface area (Å²) in [5, 5.41) is 15.4. The molecule has 0 aromatic heterocycles. The topological polar surface area (TPSA) is 142 Å². The van der Waals surface area contributed by atoms with Crippen molar-refractivity contribution in [2.45, 2.75) is 96.2 Å². The minimum atomic E-state index is -2.46. The molecule has 0 aromatic carbocycles.